The largest absolute Gasteiger partial charge is 0.416 e. The second kappa shape index (κ2) is 7.71. The predicted octanol–water partition coefficient (Wildman–Crippen LogP) is 4.10. The first-order valence-corrected chi connectivity index (χ1v) is 8.31. The third kappa shape index (κ3) is 5.41. The van der Waals surface area contributed by atoms with Crippen molar-refractivity contribution in [2.24, 2.45) is 0 Å². The molecule has 0 radical (unpaired) electrons. The molecule has 1 fully saturated rings. The number of hydrogen-bond donors (Lipinski definition) is 1. The molecule has 7 heteroatoms. The van der Waals surface area contributed by atoms with Crippen molar-refractivity contribution >= 4 is 0 Å². The van der Waals surface area contributed by atoms with E-state index < -0.39 is 23.1 Å². The summed E-state index contributed by atoms with van der Waals surface area (Å²) in [6.07, 6.45) is -2.97. The molecular weight excluding hydrogens is 334 g/mol. The fourth-order valence-electron chi connectivity index (χ4n) is 3.19. The molecule has 1 saturated heterocycles. The lowest BCUT2D eigenvalue weighted by Gasteiger charge is -2.36. The van der Waals surface area contributed by atoms with Crippen LogP contribution in [0.1, 0.15) is 37.8 Å². The molecule has 0 aliphatic carbocycles. The van der Waals surface area contributed by atoms with Crippen LogP contribution in [0.4, 0.5) is 17.6 Å². The van der Waals surface area contributed by atoms with Gasteiger partial charge in [-0.2, -0.15) is 13.2 Å². The topological polar surface area (TPSA) is 19.6 Å². The summed E-state index contributed by atoms with van der Waals surface area (Å²) in [7, 11) is 0. The number of halogens is 4. The average molecular weight is 357 g/mol. The maximum absolute atomic E-state index is 13.3. The number of nitrogens with one attached hydrogen (secondary N) is 1. The molecule has 1 N–H and O–H groups in total. The predicted molar refractivity (Wildman–Crippen MR) is 88.4 cm³/mol. The number of hydrogen-bond acceptors (Lipinski definition) is 2. The molecule has 0 spiro atoms. The van der Waals surface area contributed by atoms with E-state index in [1.807, 2.05) is 4.90 Å². The van der Waals surface area contributed by atoms with Gasteiger partial charge in [0.25, 0.3) is 0 Å². The molecule has 0 amide bonds. The second-order valence-corrected chi connectivity index (χ2v) is 7.11. The Kier molecular flexibility index (Phi) is 6.07. The molecule has 25 heavy (non-hydrogen) atoms. The Hall–Kier alpha value is -1.65. The van der Waals surface area contributed by atoms with Gasteiger partial charge in [0, 0.05) is 26.4 Å². The van der Waals surface area contributed by atoms with Crippen LogP contribution in [0.5, 0.6) is 0 Å². The van der Waals surface area contributed by atoms with Crippen LogP contribution in [0.25, 0.3) is 4.85 Å². The van der Waals surface area contributed by atoms with Gasteiger partial charge in [0.1, 0.15) is 5.82 Å². The highest BCUT2D eigenvalue weighted by molar-refractivity contribution is 5.30. The summed E-state index contributed by atoms with van der Waals surface area (Å²) in [5, 5.41) is 3.24. The summed E-state index contributed by atoms with van der Waals surface area (Å²) in [6.45, 7) is 12.9. The third-order valence-corrected chi connectivity index (χ3v) is 4.47. The van der Waals surface area contributed by atoms with Gasteiger partial charge in [0.15, 0.2) is 0 Å². The van der Waals surface area contributed by atoms with E-state index in [0.29, 0.717) is 12.6 Å². The van der Waals surface area contributed by atoms with Crippen LogP contribution in [0.3, 0.4) is 0 Å². The highest BCUT2D eigenvalue weighted by Gasteiger charge is 2.36. The Bertz CT molecular complexity index is 628. The zero-order valence-corrected chi connectivity index (χ0v) is 14.5. The minimum Gasteiger partial charge on any atom is -0.317 e. The highest BCUT2D eigenvalue weighted by Crippen LogP contribution is 2.34. The first kappa shape index (κ1) is 19.7. The normalized spacial score (nSPS) is 16.9. The number of alkyl halides is 3. The highest BCUT2D eigenvalue weighted by atomic mass is 19.4. The lowest BCUT2D eigenvalue weighted by molar-refractivity contribution is -0.138. The molecule has 0 saturated carbocycles. The van der Waals surface area contributed by atoms with Crippen molar-refractivity contribution in [1.29, 1.82) is 0 Å². The van der Waals surface area contributed by atoms with E-state index in [4.69, 9.17) is 6.57 Å². The molecule has 1 aliphatic rings. The van der Waals surface area contributed by atoms with Gasteiger partial charge in [-0.3, -0.25) is 4.90 Å². The van der Waals surface area contributed by atoms with E-state index in [-0.39, 0.29) is 18.2 Å². The molecule has 2 rings (SSSR count). The third-order valence-electron chi connectivity index (χ3n) is 4.47. The summed E-state index contributed by atoms with van der Waals surface area (Å²) < 4.78 is 53.2. The van der Waals surface area contributed by atoms with Crippen LogP contribution in [-0.2, 0) is 12.7 Å². The molecule has 0 bridgehead atoms. The van der Waals surface area contributed by atoms with Crippen LogP contribution >= 0.6 is 0 Å². The maximum atomic E-state index is 13.3. The lowest BCUT2D eigenvalue weighted by Crippen LogP contribution is -2.47. The van der Waals surface area contributed by atoms with Crippen LogP contribution in [-0.4, -0.2) is 36.1 Å². The van der Waals surface area contributed by atoms with Gasteiger partial charge in [0.05, 0.1) is 12.1 Å². The monoisotopic (exact) mass is 357 g/mol. The number of benzene rings is 1. The van der Waals surface area contributed by atoms with Crippen LogP contribution in [0, 0.1) is 12.4 Å². The molecule has 138 valence electrons. The van der Waals surface area contributed by atoms with Crippen molar-refractivity contribution in [3.05, 3.63) is 46.6 Å². The van der Waals surface area contributed by atoms with Crippen LogP contribution < -0.4 is 5.32 Å². The van der Waals surface area contributed by atoms with Crippen LogP contribution in [0.15, 0.2) is 18.2 Å². The molecule has 0 atom stereocenters. The molecule has 1 aromatic carbocycles. The second-order valence-electron chi connectivity index (χ2n) is 7.11. The molecule has 0 aromatic heterocycles. The Morgan fingerprint density at radius 3 is 2.44 bits per heavy atom. The number of nitrogens with zero attached hydrogens (tertiary/aromatic N) is 2. The van der Waals surface area contributed by atoms with E-state index in [1.165, 1.54) is 6.07 Å². The van der Waals surface area contributed by atoms with Crippen molar-refractivity contribution in [3.63, 3.8) is 0 Å². The van der Waals surface area contributed by atoms with E-state index in [9.17, 15) is 17.6 Å². The zero-order chi connectivity index (χ0) is 18.7. The van der Waals surface area contributed by atoms with E-state index >= 15 is 0 Å². The zero-order valence-electron chi connectivity index (χ0n) is 14.5. The quantitative estimate of drug-likeness (QED) is 0.632. The molecule has 0 unspecified atom stereocenters. The Morgan fingerprint density at radius 1 is 1.24 bits per heavy atom. The SMILES string of the molecule is [C-]#[N+]C(C)(C)CN(Cc1ccc(F)cc1C(F)(F)F)C1CCNCC1. The first-order chi connectivity index (χ1) is 11.6. The van der Waals surface area contributed by atoms with E-state index in [2.05, 4.69) is 10.2 Å². The number of rotatable bonds is 5. The number of piperidine rings is 1. The molecular formula is C18H23F4N3. The van der Waals surface area contributed by atoms with Gasteiger partial charge >= 0.3 is 6.18 Å². The van der Waals surface area contributed by atoms with Crippen molar-refractivity contribution in [2.45, 2.75) is 51.0 Å². The van der Waals surface area contributed by atoms with Gasteiger partial charge in [-0.25, -0.2) is 11.0 Å². The summed E-state index contributed by atoms with van der Waals surface area (Å²) >= 11 is 0. The lowest BCUT2D eigenvalue weighted by atomic mass is 9.98. The van der Waals surface area contributed by atoms with Crippen molar-refractivity contribution in [2.75, 3.05) is 19.6 Å². The Labute approximate surface area is 145 Å². The summed E-state index contributed by atoms with van der Waals surface area (Å²) in [5.41, 5.74) is -1.58. The van der Waals surface area contributed by atoms with Gasteiger partial charge in [0.2, 0.25) is 5.54 Å². The van der Waals surface area contributed by atoms with Gasteiger partial charge < -0.3 is 10.2 Å². The molecule has 1 heterocycles. The van der Waals surface area contributed by atoms with Gasteiger partial charge in [-0.05, 0) is 43.6 Å². The summed E-state index contributed by atoms with van der Waals surface area (Å²) in [4.78, 5) is 5.54. The minimum absolute atomic E-state index is 0.0493. The summed E-state index contributed by atoms with van der Waals surface area (Å²) in [5.74, 6) is -0.897. The average Bonchev–Trinajstić information content (AvgIpc) is 2.55. The van der Waals surface area contributed by atoms with E-state index in [1.54, 1.807) is 13.8 Å². The van der Waals surface area contributed by atoms with Crippen molar-refractivity contribution in [1.82, 2.24) is 10.2 Å². The van der Waals surface area contributed by atoms with Crippen molar-refractivity contribution in [3.8, 4) is 0 Å². The fourth-order valence-corrected chi connectivity index (χ4v) is 3.19. The van der Waals surface area contributed by atoms with Crippen LogP contribution in [0.2, 0.25) is 0 Å². The molecule has 3 nitrogen and oxygen atoms in total. The Morgan fingerprint density at radius 2 is 1.88 bits per heavy atom. The fraction of sp³-hybridized carbons (Fsp3) is 0.611. The first-order valence-electron chi connectivity index (χ1n) is 8.31. The smallest absolute Gasteiger partial charge is 0.317 e. The summed E-state index contributed by atoms with van der Waals surface area (Å²) in [6, 6.07) is 2.92. The Balaban J connectivity index is 2.31. The van der Waals surface area contributed by atoms with Gasteiger partial charge in [-0.1, -0.05) is 6.07 Å². The standard InChI is InChI=1S/C18H23F4N3/c1-17(2,23-3)12-25(15-6-8-24-9-7-15)11-13-4-5-14(19)10-16(13)18(20,21)22/h4-5,10,15,24H,6-9,11-12H2,1-2H3. The van der Waals surface area contributed by atoms with E-state index in [0.717, 1.165) is 32.0 Å². The van der Waals surface area contributed by atoms with Gasteiger partial charge in [-0.15, -0.1) is 0 Å². The molecule has 1 aliphatic heterocycles. The molecule has 1 aromatic rings. The maximum Gasteiger partial charge on any atom is 0.416 e. The van der Waals surface area contributed by atoms with Crippen molar-refractivity contribution < 1.29 is 17.6 Å². The minimum atomic E-state index is -4.60.